The molecule has 0 atom stereocenters. The molecule has 1 aromatic carbocycles. The second kappa shape index (κ2) is 5.78. The molecule has 0 aliphatic heterocycles. The summed E-state index contributed by atoms with van der Waals surface area (Å²) in [6.45, 7) is 0. The molecule has 0 fully saturated rings. The maximum atomic E-state index is 11.0. The van der Waals surface area contributed by atoms with E-state index >= 15 is 0 Å². The molecule has 1 amide bonds. The van der Waals surface area contributed by atoms with E-state index in [1.807, 2.05) is 0 Å². The molecule has 0 unspecified atom stereocenters. The lowest BCUT2D eigenvalue weighted by molar-refractivity contribution is 0.187. The second-order valence-corrected chi connectivity index (χ2v) is 3.89. The first-order chi connectivity index (χ1) is 7.62. The van der Waals surface area contributed by atoms with E-state index in [4.69, 9.17) is 9.47 Å². The van der Waals surface area contributed by atoms with Crippen LogP contribution in [-0.2, 0) is 4.74 Å². The summed E-state index contributed by atoms with van der Waals surface area (Å²) in [4.78, 5) is 11.0. The number of ether oxygens (including phenoxy) is 3. The molecule has 0 saturated heterocycles. The van der Waals surface area contributed by atoms with E-state index in [2.05, 4.69) is 32.6 Å². The zero-order chi connectivity index (χ0) is 12.1. The summed E-state index contributed by atoms with van der Waals surface area (Å²) in [7, 11) is 4.41. The van der Waals surface area contributed by atoms with Gasteiger partial charge in [-0.15, -0.1) is 0 Å². The quantitative estimate of drug-likeness (QED) is 0.861. The van der Waals surface area contributed by atoms with Crippen LogP contribution in [0.5, 0.6) is 11.5 Å². The Balaban J connectivity index is 3.06. The lowest BCUT2D eigenvalue weighted by Gasteiger charge is -2.11. The average Bonchev–Trinajstić information content (AvgIpc) is 2.30. The highest BCUT2D eigenvalue weighted by Crippen LogP contribution is 2.33. The highest BCUT2D eigenvalue weighted by Gasteiger charge is 2.11. The Kier molecular flexibility index (Phi) is 4.66. The van der Waals surface area contributed by atoms with Gasteiger partial charge >= 0.3 is 6.09 Å². The molecule has 0 spiro atoms. The molecule has 0 aliphatic rings. The van der Waals surface area contributed by atoms with Crippen LogP contribution in [0.4, 0.5) is 10.5 Å². The van der Waals surface area contributed by atoms with Gasteiger partial charge in [-0.05, 0) is 22.6 Å². The number of amides is 1. The fourth-order valence-electron chi connectivity index (χ4n) is 1.11. The lowest BCUT2D eigenvalue weighted by atomic mass is 10.3. The van der Waals surface area contributed by atoms with Crippen LogP contribution in [0.2, 0.25) is 0 Å². The SMILES string of the molecule is COC(=O)Nc1cc(OC)c(I)c(OC)c1. The number of rotatable bonds is 3. The summed E-state index contributed by atoms with van der Waals surface area (Å²) in [6, 6.07) is 3.39. The number of carbonyl (C=O) groups excluding carboxylic acids is 1. The molecule has 0 bridgehead atoms. The molecule has 0 heterocycles. The van der Waals surface area contributed by atoms with Gasteiger partial charge in [-0.1, -0.05) is 0 Å². The molecule has 0 aliphatic carbocycles. The first-order valence-electron chi connectivity index (χ1n) is 4.38. The molecule has 16 heavy (non-hydrogen) atoms. The third-order valence-electron chi connectivity index (χ3n) is 1.88. The largest absolute Gasteiger partial charge is 0.495 e. The smallest absolute Gasteiger partial charge is 0.411 e. The molecular formula is C10H12INO4. The molecule has 1 rings (SSSR count). The van der Waals surface area contributed by atoms with Crippen LogP contribution in [0.1, 0.15) is 0 Å². The summed E-state index contributed by atoms with van der Waals surface area (Å²) in [6.07, 6.45) is -0.537. The summed E-state index contributed by atoms with van der Waals surface area (Å²) < 4.78 is 15.7. The Morgan fingerprint density at radius 3 is 2.06 bits per heavy atom. The molecule has 0 saturated carbocycles. The predicted molar refractivity (Wildman–Crippen MR) is 68.3 cm³/mol. The lowest BCUT2D eigenvalue weighted by Crippen LogP contribution is -2.11. The molecule has 1 N–H and O–H groups in total. The van der Waals surface area contributed by atoms with Crippen LogP contribution in [0.15, 0.2) is 12.1 Å². The van der Waals surface area contributed by atoms with Crippen molar-refractivity contribution >= 4 is 34.4 Å². The average molecular weight is 337 g/mol. The Labute approximate surface area is 107 Å². The highest BCUT2D eigenvalue weighted by atomic mass is 127. The Hall–Kier alpha value is -1.18. The van der Waals surface area contributed by atoms with Gasteiger partial charge in [-0.2, -0.15) is 0 Å². The number of halogens is 1. The predicted octanol–water partition coefficient (Wildman–Crippen LogP) is 2.49. The molecule has 88 valence electrons. The number of nitrogens with one attached hydrogen (secondary N) is 1. The summed E-state index contributed by atoms with van der Waals surface area (Å²) in [5, 5.41) is 2.54. The normalized spacial score (nSPS) is 9.50. The van der Waals surface area contributed by atoms with Gasteiger partial charge < -0.3 is 14.2 Å². The van der Waals surface area contributed by atoms with Gasteiger partial charge in [0.15, 0.2) is 0 Å². The maximum absolute atomic E-state index is 11.0. The first-order valence-corrected chi connectivity index (χ1v) is 5.46. The van der Waals surface area contributed by atoms with Gasteiger partial charge in [0.1, 0.15) is 11.5 Å². The molecule has 0 aromatic heterocycles. The van der Waals surface area contributed by atoms with Crippen LogP contribution in [0, 0.1) is 3.57 Å². The van der Waals surface area contributed by atoms with E-state index in [1.54, 1.807) is 26.4 Å². The third-order valence-corrected chi connectivity index (χ3v) is 2.94. The van der Waals surface area contributed by atoms with Crippen molar-refractivity contribution in [2.45, 2.75) is 0 Å². The maximum Gasteiger partial charge on any atom is 0.411 e. The third kappa shape index (κ3) is 2.91. The molecule has 1 aromatic rings. The van der Waals surface area contributed by atoms with Gasteiger partial charge in [0.2, 0.25) is 0 Å². The number of benzene rings is 1. The zero-order valence-corrected chi connectivity index (χ0v) is 11.3. The number of carbonyl (C=O) groups is 1. The minimum Gasteiger partial charge on any atom is -0.495 e. The van der Waals surface area contributed by atoms with Gasteiger partial charge in [0.25, 0.3) is 0 Å². The standard InChI is InChI=1S/C10H12INO4/c1-14-7-4-6(12-10(13)16-3)5-8(15-2)9(7)11/h4-5H,1-3H3,(H,12,13). The number of hydrogen-bond donors (Lipinski definition) is 1. The molecule has 5 nitrogen and oxygen atoms in total. The van der Waals surface area contributed by atoms with Crippen LogP contribution < -0.4 is 14.8 Å². The van der Waals surface area contributed by atoms with Gasteiger partial charge in [-0.3, -0.25) is 5.32 Å². The highest BCUT2D eigenvalue weighted by molar-refractivity contribution is 14.1. The van der Waals surface area contributed by atoms with Crippen molar-refractivity contribution in [1.82, 2.24) is 0 Å². The van der Waals surface area contributed by atoms with Crippen molar-refractivity contribution in [3.8, 4) is 11.5 Å². The van der Waals surface area contributed by atoms with Gasteiger partial charge in [0, 0.05) is 12.1 Å². The topological polar surface area (TPSA) is 56.8 Å². The van der Waals surface area contributed by atoms with Crippen LogP contribution in [-0.4, -0.2) is 27.4 Å². The monoisotopic (exact) mass is 337 g/mol. The van der Waals surface area contributed by atoms with Crippen molar-refractivity contribution < 1.29 is 19.0 Å². The minimum atomic E-state index is -0.537. The van der Waals surface area contributed by atoms with Crippen LogP contribution >= 0.6 is 22.6 Å². The summed E-state index contributed by atoms with van der Waals surface area (Å²) in [5.74, 6) is 1.26. The van der Waals surface area contributed by atoms with E-state index in [-0.39, 0.29) is 0 Å². The van der Waals surface area contributed by atoms with Crippen LogP contribution in [0.25, 0.3) is 0 Å². The van der Waals surface area contributed by atoms with Crippen LogP contribution in [0.3, 0.4) is 0 Å². The van der Waals surface area contributed by atoms with Crippen molar-refractivity contribution in [2.24, 2.45) is 0 Å². The zero-order valence-electron chi connectivity index (χ0n) is 9.17. The number of hydrogen-bond acceptors (Lipinski definition) is 4. The van der Waals surface area contributed by atoms with E-state index < -0.39 is 6.09 Å². The van der Waals surface area contributed by atoms with Crippen molar-refractivity contribution in [3.05, 3.63) is 15.7 Å². The van der Waals surface area contributed by atoms with E-state index in [0.29, 0.717) is 17.2 Å². The Morgan fingerprint density at radius 2 is 1.69 bits per heavy atom. The summed E-state index contributed by atoms with van der Waals surface area (Å²) >= 11 is 2.11. The minimum absolute atomic E-state index is 0.537. The fraction of sp³-hybridized carbons (Fsp3) is 0.300. The molecule has 0 radical (unpaired) electrons. The first kappa shape index (κ1) is 12.9. The van der Waals surface area contributed by atoms with Gasteiger partial charge in [0.05, 0.1) is 30.6 Å². The van der Waals surface area contributed by atoms with E-state index in [0.717, 1.165) is 3.57 Å². The van der Waals surface area contributed by atoms with Crippen molar-refractivity contribution in [3.63, 3.8) is 0 Å². The molecule has 6 heteroatoms. The second-order valence-electron chi connectivity index (χ2n) is 2.81. The summed E-state index contributed by atoms with van der Waals surface area (Å²) in [5.41, 5.74) is 0.556. The Bertz CT molecular complexity index is 369. The van der Waals surface area contributed by atoms with Gasteiger partial charge in [-0.25, -0.2) is 4.79 Å². The van der Waals surface area contributed by atoms with Crippen molar-refractivity contribution in [1.29, 1.82) is 0 Å². The number of methoxy groups -OCH3 is 3. The number of anilines is 1. The Morgan fingerprint density at radius 1 is 1.19 bits per heavy atom. The molecular weight excluding hydrogens is 325 g/mol. The fourth-order valence-corrected chi connectivity index (χ4v) is 1.86. The van der Waals surface area contributed by atoms with Crippen molar-refractivity contribution in [2.75, 3.05) is 26.6 Å². The van der Waals surface area contributed by atoms with E-state index in [1.165, 1.54) is 7.11 Å². The van der Waals surface area contributed by atoms with E-state index in [9.17, 15) is 4.79 Å².